The highest BCUT2D eigenvalue weighted by Gasteiger charge is 2.11. The Balaban J connectivity index is 2.29. The van der Waals surface area contributed by atoms with Crippen LogP contribution in [0.4, 0.5) is 10.1 Å². The van der Waals surface area contributed by atoms with E-state index >= 15 is 0 Å². The molecule has 0 aromatic heterocycles. The molecule has 0 saturated heterocycles. The zero-order valence-corrected chi connectivity index (χ0v) is 13.3. The smallest absolute Gasteiger partial charge is 0.123 e. The predicted octanol–water partition coefficient (Wildman–Crippen LogP) is 4.40. The molecule has 5 heteroatoms. The highest BCUT2D eigenvalue weighted by Crippen LogP contribution is 2.26. The minimum Gasteiger partial charge on any atom is -0.389 e. The first-order chi connectivity index (χ1) is 9.47. The van der Waals surface area contributed by atoms with Gasteiger partial charge in [-0.15, -0.1) is 0 Å². The first-order valence-corrected chi connectivity index (χ1v) is 7.29. The molecule has 0 radical (unpaired) electrons. The molecule has 0 spiro atoms. The van der Waals surface area contributed by atoms with Crippen molar-refractivity contribution in [3.05, 3.63) is 63.9 Å². The third-order valence-electron chi connectivity index (χ3n) is 2.97. The summed E-state index contributed by atoms with van der Waals surface area (Å²) in [6.45, 7) is 1.96. The van der Waals surface area contributed by atoms with E-state index in [2.05, 4.69) is 21.2 Å². The molecule has 0 saturated carbocycles. The number of benzene rings is 2. The summed E-state index contributed by atoms with van der Waals surface area (Å²) in [5, 5.41) is 3.31. The second-order valence-corrected chi connectivity index (χ2v) is 5.83. The number of nitrogens with one attached hydrogen (secondary N) is 1. The van der Waals surface area contributed by atoms with Crippen LogP contribution in [0.2, 0.25) is 0 Å². The molecule has 0 aliphatic rings. The van der Waals surface area contributed by atoms with Gasteiger partial charge in [0.1, 0.15) is 10.8 Å². The van der Waals surface area contributed by atoms with Crippen molar-refractivity contribution in [2.24, 2.45) is 5.73 Å². The number of rotatable bonds is 4. The van der Waals surface area contributed by atoms with Crippen LogP contribution >= 0.6 is 28.1 Å². The summed E-state index contributed by atoms with van der Waals surface area (Å²) in [5.74, 6) is -0.250. The Morgan fingerprint density at radius 3 is 2.70 bits per heavy atom. The Hall–Kier alpha value is -1.46. The van der Waals surface area contributed by atoms with Crippen LogP contribution in [-0.2, 0) is 0 Å². The molecule has 104 valence electrons. The molecule has 2 aromatic rings. The van der Waals surface area contributed by atoms with Gasteiger partial charge in [0.05, 0.1) is 0 Å². The molecule has 1 atom stereocenters. The van der Waals surface area contributed by atoms with Gasteiger partial charge in [0.2, 0.25) is 0 Å². The van der Waals surface area contributed by atoms with Crippen molar-refractivity contribution in [1.82, 2.24) is 0 Å². The summed E-state index contributed by atoms with van der Waals surface area (Å²) >= 11 is 8.46. The largest absolute Gasteiger partial charge is 0.389 e. The average Bonchev–Trinajstić information content (AvgIpc) is 2.38. The number of hydrogen-bond acceptors (Lipinski definition) is 2. The van der Waals surface area contributed by atoms with E-state index in [4.69, 9.17) is 18.0 Å². The summed E-state index contributed by atoms with van der Waals surface area (Å²) < 4.78 is 14.2. The molecule has 0 fully saturated rings. The number of halogens is 2. The first kappa shape index (κ1) is 14.9. The highest BCUT2D eigenvalue weighted by atomic mass is 79.9. The van der Waals surface area contributed by atoms with Crippen molar-refractivity contribution in [2.45, 2.75) is 13.0 Å². The van der Waals surface area contributed by atoms with Gasteiger partial charge in [-0.3, -0.25) is 0 Å². The molecule has 0 amide bonds. The maximum atomic E-state index is 13.3. The van der Waals surface area contributed by atoms with Gasteiger partial charge in [-0.1, -0.05) is 40.3 Å². The summed E-state index contributed by atoms with van der Waals surface area (Å²) in [6.07, 6.45) is 0. The Labute approximate surface area is 131 Å². The van der Waals surface area contributed by atoms with Crippen LogP contribution in [-0.4, -0.2) is 4.99 Å². The fraction of sp³-hybridized carbons (Fsp3) is 0.133. The molecule has 0 aliphatic carbocycles. The van der Waals surface area contributed by atoms with E-state index in [0.717, 1.165) is 21.3 Å². The van der Waals surface area contributed by atoms with Gasteiger partial charge in [0.15, 0.2) is 0 Å². The SMILES string of the molecule is CC(Nc1cc(Br)ccc1C(N)=S)c1cccc(F)c1. The van der Waals surface area contributed by atoms with E-state index in [1.54, 1.807) is 6.07 Å². The lowest BCUT2D eigenvalue weighted by atomic mass is 10.1. The van der Waals surface area contributed by atoms with Crippen molar-refractivity contribution in [3.63, 3.8) is 0 Å². The Morgan fingerprint density at radius 2 is 2.05 bits per heavy atom. The molecule has 3 N–H and O–H groups in total. The maximum Gasteiger partial charge on any atom is 0.123 e. The summed E-state index contributed by atoms with van der Waals surface area (Å²) in [6, 6.07) is 12.1. The number of hydrogen-bond donors (Lipinski definition) is 2. The second kappa shape index (κ2) is 6.33. The highest BCUT2D eigenvalue weighted by molar-refractivity contribution is 9.10. The van der Waals surface area contributed by atoms with E-state index in [1.807, 2.05) is 31.2 Å². The molecule has 20 heavy (non-hydrogen) atoms. The molecular formula is C15H14BrFN2S. The van der Waals surface area contributed by atoms with Gasteiger partial charge in [-0.2, -0.15) is 0 Å². The minimum atomic E-state index is -0.250. The molecule has 2 aromatic carbocycles. The lowest BCUT2D eigenvalue weighted by Crippen LogP contribution is -2.15. The van der Waals surface area contributed by atoms with E-state index in [9.17, 15) is 4.39 Å². The molecule has 0 aliphatic heterocycles. The first-order valence-electron chi connectivity index (χ1n) is 6.08. The lowest BCUT2D eigenvalue weighted by molar-refractivity contribution is 0.623. The topological polar surface area (TPSA) is 38.0 Å². The van der Waals surface area contributed by atoms with E-state index < -0.39 is 0 Å². The van der Waals surface area contributed by atoms with Crippen molar-refractivity contribution < 1.29 is 4.39 Å². The lowest BCUT2D eigenvalue weighted by Gasteiger charge is -2.18. The van der Waals surface area contributed by atoms with Gasteiger partial charge in [-0.25, -0.2) is 4.39 Å². The number of thiocarbonyl (C=S) groups is 1. The molecule has 2 nitrogen and oxygen atoms in total. The van der Waals surface area contributed by atoms with Crippen LogP contribution in [0.1, 0.15) is 24.1 Å². The molecule has 2 rings (SSSR count). The Kier molecular flexibility index (Phi) is 4.73. The predicted molar refractivity (Wildman–Crippen MR) is 88.5 cm³/mol. The minimum absolute atomic E-state index is 0.0619. The Bertz CT molecular complexity index is 646. The van der Waals surface area contributed by atoms with Crippen molar-refractivity contribution >= 4 is 38.8 Å². The quantitative estimate of drug-likeness (QED) is 0.801. The molecular weight excluding hydrogens is 339 g/mol. The fourth-order valence-corrected chi connectivity index (χ4v) is 2.48. The average molecular weight is 353 g/mol. The van der Waals surface area contributed by atoms with Crippen LogP contribution in [0.15, 0.2) is 46.9 Å². The summed E-state index contributed by atoms with van der Waals surface area (Å²) in [4.78, 5) is 0.325. The van der Waals surface area contributed by atoms with Crippen LogP contribution in [0.5, 0.6) is 0 Å². The van der Waals surface area contributed by atoms with E-state index in [0.29, 0.717) is 4.99 Å². The van der Waals surface area contributed by atoms with Gasteiger partial charge in [0.25, 0.3) is 0 Å². The zero-order valence-electron chi connectivity index (χ0n) is 10.9. The van der Waals surface area contributed by atoms with Gasteiger partial charge in [-0.05, 0) is 42.8 Å². The van der Waals surface area contributed by atoms with E-state index in [1.165, 1.54) is 12.1 Å². The van der Waals surface area contributed by atoms with Crippen LogP contribution in [0.25, 0.3) is 0 Å². The van der Waals surface area contributed by atoms with Crippen molar-refractivity contribution in [3.8, 4) is 0 Å². The van der Waals surface area contributed by atoms with Crippen molar-refractivity contribution in [1.29, 1.82) is 0 Å². The standard InChI is InChI=1S/C15H14BrFN2S/c1-9(10-3-2-4-12(17)7-10)19-14-8-11(16)5-6-13(14)15(18)20/h2-9,19H,1H3,(H2,18,20). The number of anilines is 1. The number of nitrogens with two attached hydrogens (primary N) is 1. The summed E-state index contributed by atoms with van der Waals surface area (Å²) in [7, 11) is 0. The third-order valence-corrected chi connectivity index (χ3v) is 3.68. The van der Waals surface area contributed by atoms with Gasteiger partial charge >= 0.3 is 0 Å². The third kappa shape index (κ3) is 3.55. The van der Waals surface area contributed by atoms with Crippen LogP contribution < -0.4 is 11.1 Å². The molecule has 1 unspecified atom stereocenters. The normalized spacial score (nSPS) is 11.9. The van der Waals surface area contributed by atoms with Crippen molar-refractivity contribution in [2.75, 3.05) is 5.32 Å². The summed E-state index contributed by atoms with van der Waals surface area (Å²) in [5.41, 5.74) is 8.17. The zero-order chi connectivity index (χ0) is 14.7. The van der Waals surface area contributed by atoms with Crippen LogP contribution in [0.3, 0.4) is 0 Å². The molecule has 0 bridgehead atoms. The fourth-order valence-electron chi connectivity index (χ4n) is 1.94. The van der Waals surface area contributed by atoms with E-state index in [-0.39, 0.29) is 11.9 Å². The molecule has 0 heterocycles. The van der Waals surface area contributed by atoms with Gasteiger partial charge < -0.3 is 11.1 Å². The monoisotopic (exact) mass is 352 g/mol. The maximum absolute atomic E-state index is 13.3. The second-order valence-electron chi connectivity index (χ2n) is 4.48. The Morgan fingerprint density at radius 1 is 1.30 bits per heavy atom. The van der Waals surface area contributed by atoms with Crippen LogP contribution in [0, 0.1) is 5.82 Å². The van der Waals surface area contributed by atoms with Gasteiger partial charge in [0, 0.05) is 21.8 Å².